The molecule has 0 unspecified atom stereocenters. The monoisotopic (exact) mass is 338 g/mol. The molecule has 0 spiro atoms. The highest BCUT2D eigenvalue weighted by Crippen LogP contribution is 2.23. The van der Waals surface area contributed by atoms with Crippen LogP contribution in [0.4, 0.5) is 0 Å². The third-order valence-corrected chi connectivity index (χ3v) is 4.11. The predicted octanol–water partition coefficient (Wildman–Crippen LogP) is 1.49. The van der Waals surface area contributed by atoms with Crippen LogP contribution in [0.1, 0.15) is 46.0 Å². The van der Waals surface area contributed by atoms with Crippen molar-refractivity contribution >= 4 is 17.7 Å². The van der Waals surface area contributed by atoms with E-state index in [1.807, 2.05) is 13.8 Å². The average molecular weight is 338 g/mol. The van der Waals surface area contributed by atoms with Gasteiger partial charge in [0, 0.05) is 31.5 Å². The van der Waals surface area contributed by atoms with Crippen molar-refractivity contribution < 1.29 is 23.9 Å². The number of amides is 1. The number of ketones is 1. The van der Waals surface area contributed by atoms with Crippen LogP contribution < -0.4 is 0 Å². The number of hydrogen-bond acceptors (Lipinski definition) is 5. The SMILES string of the molecule is COCC(=O)N(CC(=O)c1c(C)c(C(=O)OC)n(C)c1C)C(C)C. The van der Waals surface area contributed by atoms with Crippen LogP contribution in [0.25, 0.3) is 0 Å². The summed E-state index contributed by atoms with van der Waals surface area (Å²) in [7, 11) is 4.45. The molecule has 7 heteroatoms. The van der Waals surface area contributed by atoms with Crippen LogP contribution in [0.3, 0.4) is 0 Å². The van der Waals surface area contributed by atoms with Crippen LogP contribution >= 0.6 is 0 Å². The first-order valence-electron chi connectivity index (χ1n) is 7.73. The molecule has 0 aliphatic rings. The van der Waals surface area contributed by atoms with Gasteiger partial charge in [-0.3, -0.25) is 9.59 Å². The topological polar surface area (TPSA) is 77.8 Å². The number of carbonyl (C=O) groups excluding carboxylic acids is 3. The number of carbonyl (C=O) groups is 3. The summed E-state index contributed by atoms with van der Waals surface area (Å²) in [5, 5.41) is 0. The van der Waals surface area contributed by atoms with Gasteiger partial charge in [0.2, 0.25) is 5.91 Å². The minimum Gasteiger partial charge on any atom is -0.464 e. The van der Waals surface area contributed by atoms with E-state index in [1.165, 1.54) is 19.1 Å². The largest absolute Gasteiger partial charge is 0.464 e. The molecule has 1 rings (SSSR count). The molecular formula is C17H26N2O5. The minimum absolute atomic E-state index is 0.0633. The number of esters is 1. The lowest BCUT2D eigenvalue weighted by atomic mass is 10.0. The van der Waals surface area contributed by atoms with Crippen LogP contribution in [-0.4, -0.2) is 60.5 Å². The molecular weight excluding hydrogens is 312 g/mol. The summed E-state index contributed by atoms with van der Waals surface area (Å²) in [6.45, 7) is 7.02. The molecule has 0 saturated carbocycles. The molecule has 134 valence electrons. The third kappa shape index (κ3) is 3.84. The molecule has 0 aromatic carbocycles. The van der Waals surface area contributed by atoms with Crippen LogP contribution in [0.5, 0.6) is 0 Å². The zero-order valence-electron chi connectivity index (χ0n) is 15.4. The molecule has 1 amide bonds. The quantitative estimate of drug-likeness (QED) is 0.556. The molecule has 0 aliphatic carbocycles. The number of hydrogen-bond donors (Lipinski definition) is 0. The lowest BCUT2D eigenvalue weighted by Crippen LogP contribution is -2.42. The van der Waals surface area contributed by atoms with E-state index in [1.54, 1.807) is 25.5 Å². The van der Waals surface area contributed by atoms with Crippen molar-refractivity contribution in [3.63, 3.8) is 0 Å². The summed E-state index contributed by atoms with van der Waals surface area (Å²) in [5.74, 6) is -0.956. The zero-order chi connectivity index (χ0) is 18.6. The molecule has 0 N–H and O–H groups in total. The number of nitrogens with zero attached hydrogens (tertiary/aromatic N) is 2. The summed E-state index contributed by atoms with van der Waals surface area (Å²) in [4.78, 5) is 38.3. The lowest BCUT2D eigenvalue weighted by molar-refractivity contribution is -0.136. The van der Waals surface area contributed by atoms with Crippen molar-refractivity contribution in [1.29, 1.82) is 0 Å². The number of rotatable bonds is 7. The molecule has 1 aromatic rings. The Morgan fingerprint density at radius 2 is 1.75 bits per heavy atom. The fourth-order valence-electron chi connectivity index (χ4n) is 2.77. The Bertz CT molecular complexity index is 646. The highest BCUT2D eigenvalue weighted by atomic mass is 16.5. The van der Waals surface area contributed by atoms with E-state index in [9.17, 15) is 14.4 Å². The number of Topliss-reactive ketones (excluding diaryl/α,β-unsaturated/α-hetero) is 1. The Kier molecular flexibility index (Phi) is 6.71. The molecule has 1 aromatic heterocycles. The van der Waals surface area contributed by atoms with E-state index in [0.717, 1.165) is 0 Å². The first-order valence-corrected chi connectivity index (χ1v) is 7.73. The fourth-order valence-corrected chi connectivity index (χ4v) is 2.77. The van der Waals surface area contributed by atoms with E-state index in [0.29, 0.717) is 22.5 Å². The van der Waals surface area contributed by atoms with Crippen molar-refractivity contribution in [1.82, 2.24) is 9.47 Å². The second-order valence-electron chi connectivity index (χ2n) is 5.96. The van der Waals surface area contributed by atoms with Gasteiger partial charge in [-0.2, -0.15) is 0 Å². The van der Waals surface area contributed by atoms with Crippen LogP contribution in [0, 0.1) is 13.8 Å². The highest BCUT2D eigenvalue weighted by Gasteiger charge is 2.28. The number of methoxy groups -OCH3 is 2. The second-order valence-corrected chi connectivity index (χ2v) is 5.96. The molecule has 0 saturated heterocycles. The van der Waals surface area contributed by atoms with E-state index in [-0.39, 0.29) is 30.9 Å². The molecule has 0 radical (unpaired) electrons. The van der Waals surface area contributed by atoms with Gasteiger partial charge in [0.25, 0.3) is 0 Å². The van der Waals surface area contributed by atoms with E-state index in [2.05, 4.69) is 0 Å². The summed E-state index contributed by atoms with van der Waals surface area (Å²) >= 11 is 0. The summed E-state index contributed by atoms with van der Waals surface area (Å²) in [6.07, 6.45) is 0. The van der Waals surface area contributed by atoms with Crippen molar-refractivity contribution in [2.24, 2.45) is 7.05 Å². The molecule has 0 fully saturated rings. The van der Waals surface area contributed by atoms with Crippen molar-refractivity contribution in [3.05, 3.63) is 22.5 Å². The fraction of sp³-hybridized carbons (Fsp3) is 0.588. The van der Waals surface area contributed by atoms with Crippen molar-refractivity contribution in [2.45, 2.75) is 33.7 Å². The minimum atomic E-state index is -0.492. The van der Waals surface area contributed by atoms with Gasteiger partial charge in [-0.25, -0.2) is 4.79 Å². The van der Waals surface area contributed by atoms with Gasteiger partial charge in [-0.1, -0.05) is 0 Å². The van der Waals surface area contributed by atoms with Gasteiger partial charge in [-0.05, 0) is 33.3 Å². The van der Waals surface area contributed by atoms with Gasteiger partial charge in [0.05, 0.1) is 13.7 Å². The van der Waals surface area contributed by atoms with E-state index >= 15 is 0 Å². The van der Waals surface area contributed by atoms with Gasteiger partial charge in [0.1, 0.15) is 12.3 Å². The Labute approximate surface area is 142 Å². The first-order chi connectivity index (χ1) is 11.2. The van der Waals surface area contributed by atoms with Crippen LogP contribution in [0.15, 0.2) is 0 Å². The second kappa shape index (κ2) is 8.10. The molecule has 24 heavy (non-hydrogen) atoms. The van der Waals surface area contributed by atoms with Crippen LogP contribution in [-0.2, 0) is 21.3 Å². The Balaban J connectivity index is 3.20. The molecule has 0 atom stereocenters. The Morgan fingerprint density at radius 1 is 1.17 bits per heavy atom. The Hall–Kier alpha value is -2.15. The predicted molar refractivity (Wildman–Crippen MR) is 89.3 cm³/mol. The Morgan fingerprint density at radius 3 is 2.21 bits per heavy atom. The summed E-state index contributed by atoms with van der Waals surface area (Å²) < 4.78 is 11.3. The van der Waals surface area contributed by atoms with Gasteiger partial charge < -0.3 is 18.9 Å². The first kappa shape index (κ1) is 19.9. The summed E-state index contributed by atoms with van der Waals surface area (Å²) in [5.41, 5.74) is 2.03. The summed E-state index contributed by atoms with van der Waals surface area (Å²) in [6, 6.07) is -0.138. The smallest absolute Gasteiger partial charge is 0.354 e. The molecule has 0 bridgehead atoms. The van der Waals surface area contributed by atoms with Gasteiger partial charge in [-0.15, -0.1) is 0 Å². The number of aromatic nitrogens is 1. The van der Waals surface area contributed by atoms with Crippen molar-refractivity contribution in [3.8, 4) is 0 Å². The molecule has 7 nitrogen and oxygen atoms in total. The number of ether oxygens (including phenoxy) is 2. The lowest BCUT2D eigenvalue weighted by Gasteiger charge is -2.26. The van der Waals surface area contributed by atoms with Crippen molar-refractivity contribution in [2.75, 3.05) is 27.4 Å². The van der Waals surface area contributed by atoms with Crippen LogP contribution in [0.2, 0.25) is 0 Å². The standard InChI is InChI=1S/C17H26N2O5/c1-10(2)19(14(21)9-23-6)8-13(20)15-11(3)16(17(22)24-7)18(5)12(15)4/h10H,8-9H2,1-7H3. The highest BCUT2D eigenvalue weighted by molar-refractivity contribution is 6.04. The third-order valence-electron chi connectivity index (χ3n) is 4.11. The zero-order valence-corrected chi connectivity index (χ0v) is 15.4. The molecule has 1 heterocycles. The van der Waals surface area contributed by atoms with Gasteiger partial charge >= 0.3 is 5.97 Å². The maximum absolute atomic E-state index is 12.8. The average Bonchev–Trinajstić information content (AvgIpc) is 2.73. The van der Waals surface area contributed by atoms with Gasteiger partial charge in [0.15, 0.2) is 5.78 Å². The molecule has 0 aliphatic heterocycles. The van der Waals surface area contributed by atoms with E-state index < -0.39 is 5.97 Å². The normalized spacial score (nSPS) is 10.8. The van der Waals surface area contributed by atoms with E-state index in [4.69, 9.17) is 9.47 Å². The maximum atomic E-state index is 12.8. The maximum Gasteiger partial charge on any atom is 0.354 e.